The van der Waals surface area contributed by atoms with Gasteiger partial charge in [0.05, 0.1) is 17.6 Å². The first kappa shape index (κ1) is 19.0. The molecular weight excluding hydrogens is 372 g/mol. The van der Waals surface area contributed by atoms with Crippen LogP contribution in [0.5, 0.6) is 0 Å². The topological polar surface area (TPSA) is 50.2 Å². The molecule has 1 N–H and O–H groups in total. The van der Waals surface area contributed by atoms with Crippen LogP contribution in [0.1, 0.15) is 31.2 Å². The van der Waals surface area contributed by atoms with Crippen molar-refractivity contribution in [2.24, 2.45) is 0 Å². The largest absolute Gasteiger partial charge is 0.352 e. The molecule has 0 radical (unpaired) electrons. The lowest BCUT2D eigenvalue weighted by Crippen LogP contribution is -2.47. The number of hydrogen-bond donors (Lipinski definition) is 1. The normalized spacial score (nSPS) is 17.7. The summed E-state index contributed by atoms with van der Waals surface area (Å²) in [6.07, 6.45) is 2.11. The SMILES string of the molecule is CC(=O)NC1CCCN(Cc2nc3cc(Cl)ccc3n2Cc2ccccc2)C1. The number of fused-ring (bicyclic) bond motifs is 1. The molecule has 6 heteroatoms. The Labute approximate surface area is 170 Å². The highest BCUT2D eigenvalue weighted by Crippen LogP contribution is 2.23. The Balaban J connectivity index is 1.62. The monoisotopic (exact) mass is 396 g/mol. The summed E-state index contributed by atoms with van der Waals surface area (Å²) in [6, 6.07) is 16.6. The predicted octanol–water partition coefficient (Wildman–Crippen LogP) is 3.84. The fourth-order valence-electron chi connectivity index (χ4n) is 4.02. The Morgan fingerprint density at radius 2 is 2.04 bits per heavy atom. The van der Waals surface area contributed by atoms with Crippen molar-refractivity contribution in [3.8, 4) is 0 Å². The summed E-state index contributed by atoms with van der Waals surface area (Å²) in [6.45, 7) is 4.99. The molecule has 2 aromatic carbocycles. The van der Waals surface area contributed by atoms with E-state index in [0.717, 1.165) is 55.9 Å². The van der Waals surface area contributed by atoms with E-state index >= 15 is 0 Å². The van der Waals surface area contributed by atoms with Crippen LogP contribution in [0.25, 0.3) is 11.0 Å². The summed E-state index contributed by atoms with van der Waals surface area (Å²) in [5.41, 5.74) is 3.26. The van der Waals surface area contributed by atoms with Crippen molar-refractivity contribution in [3.05, 3.63) is 64.9 Å². The highest BCUT2D eigenvalue weighted by Gasteiger charge is 2.22. The number of aromatic nitrogens is 2. The minimum absolute atomic E-state index is 0.0396. The van der Waals surface area contributed by atoms with Gasteiger partial charge in [-0.05, 0) is 43.1 Å². The lowest BCUT2D eigenvalue weighted by atomic mass is 10.1. The minimum atomic E-state index is 0.0396. The third kappa shape index (κ3) is 4.37. The van der Waals surface area contributed by atoms with Crippen molar-refractivity contribution in [1.29, 1.82) is 0 Å². The average Bonchev–Trinajstić information content (AvgIpc) is 2.98. The molecule has 0 bridgehead atoms. The number of nitrogens with zero attached hydrogens (tertiary/aromatic N) is 3. The van der Waals surface area contributed by atoms with Crippen molar-refractivity contribution in [1.82, 2.24) is 19.8 Å². The number of carbonyl (C=O) groups excluding carboxylic acids is 1. The van der Waals surface area contributed by atoms with Crippen molar-refractivity contribution in [3.63, 3.8) is 0 Å². The summed E-state index contributed by atoms with van der Waals surface area (Å²) in [4.78, 5) is 18.7. The lowest BCUT2D eigenvalue weighted by Gasteiger charge is -2.32. The van der Waals surface area contributed by atoms with Gasteiger partial charge in [0.1, 0.15) is 5.82 Å². The second-order valence-corrected chi connectivity index (χ2v) is 7.94. The molecule has 28 heavy (non-hydrogen) atoms. The van der Waals surface area contributed by atoms with Gasteiger partial charge in [-0.2, -0.15) is 0 Å². The number of nitrogens with one attached hydrogen (secondary N) is 1. The molecule has 1 atom stereocenters. The van der Waals surface area contributed by atoms with Crippen molar-refractivity contribution in [2.45, 2.75) is 38.9 Å². The number of hydrogen-bond acceptors (Lipinski definition) is 3. The van der Waals surface area contributed by atoms with Crippen LogP contribution < -0.4 is 5.32 Å². The van der Waals surface area contributed by atoms with E-state index in [0.29, 0.717) is 5.02 Å². The zero-order valence-corrected chi connectivity index (χ0v) is 16.8. The zero-order chi connectivity index (χ0) is 19.5. The second kappa shape index (κ2) is 8.33. The molecule has 1 aliphatic rings. The molecule has 2 heterocycles. The molecule has 1 saturated heterocycles. The standard InChI is InChI=1S/C22H25ClN4O/c1-16(28)24-19-8-5-11-26(14-19)15-22-25-20-12-18(23)9-10-21(20)27(22)13-17-6-3-2-4-7-17/h2-4,6-7,9-10,12,19H,5,8,11,13-15H2,1H3,(H,24,28). The maximum atomic E-state index is 11.4. The molecule has 1 unspecified atom stereocenters. The van der Waals surface area contributed by atoms with E-state index in [4.69, 9.17) is 16.6 Å². The Morgan fingerprint density at radius 1 is 1.21 bits per heavy atom. The fourth-order valence-corrected chi connectivity index (χ4v) is 4.19. The van der Waals surface area contributed by atoms with E-state index < -0.39 is 0 Å². The Morgan fingerprint density at radius 3 is 2.82 bits per heavy atom. The molecule has 1 aliphatic heterocycles. The van der Waals surface area contributed by atoms with E-state index in [2.05, 4.69) is 39.0 Å². The van der Waals surface area contributed by atoms with E-state index in [1.165, 1.54) is 5.56 Å². The molecule has 0 aliphatic carbocycles. The zero-order valence-electron chi connectivity index (χ0n) is 16.1. The third-order valence-corrected chi connectivity index (χ3v) is 5.49. The number of likely N-dealkylation sites (tertiary alicyclic amines) is 1. The third-order valence-electron chi connectivity index (χ3n) is 5.25. The van der Waals surface area contributed by atoms with E-state index in [9.17, 15) is 4.79 Å². The molecule has 0 spiro atoms. The van der Waals surface area contributed by atoms with Gasteiger partial charge in [0.25, 0.3) is 0 Å². The molecule has 4 rings (SSSR count). The number of carbonyl (C=O) groups is 1. The van der Waals surface area contributed by atoms with Crippen LogP contribution in [0.4, 0.5) is 0 Å². The van der Waals surface area contributed by atoms with Gasteiger partial charge in [0, 0.05) is 31.1 Å². The highest BCUT2D eigenvalue weighted by atomic mass is 35.5. The molecular formula is C22H25ClN4O. The summed E-state index contributed by atoms with van der Waals surface area (Å²) in [5, 5.41) is 3.76. The number of amides is 1. The molecule has 146 valence electrons. The molecule has 1 aromatic heterocycles. The van der Waals surface area contributed by atoms with Gasteiger partial charge in [-0.3, -0.25) is 9.69 Å². The Bertz CT molecular complexity index is 969. The van der Waals surface area contributed by atoms with Gasteiger partial charge >= 0.3 is 0 Å². The number of halogens is 1. The molecule has 0 saturated carbocycles. The first-order valence-corrected chi connectivity index (χ1v) is 10.1. The van der Waals surface area contributed by atoms with Crippen LogP contribution in [0.3, 0.4) is 0 Å². The molecule has 1 fully saturated rings. The van der Waals surface area contributed by atoms with Crippen molar-refractivity contribution >= 4 is 28.5 Å². The van der Waals surface area contributed by atoms with Crippen LogP contribution in [-0.4, -0.2) is 39.5 Å². The Kier molecular flexibility index (Phi) is 5.64. The fraction of sp³-hybridized carbons (Fsp3) is 0.364. The predicted molar refractivity (Wildman–Crippen MR) is 112 cm³/mol. The highest BCUT2D eigenvalue weighted by molar-refractivity contribution is 6.31. The lowest BCUT2D eigenvalue weighted by molar-refractivity contribution is -0.120. The number of piperidine rings is 1. The summed E-state index contributed by atoms with van der Waals surface area (Å²) >= 11 is 6.20. The summed E-state index contributed by atoms with van der Waals surface area (Å²) in [5.74, 6) is 1.07. The molecule has 1 amide bonds. The molecule has 5 nitrogen and oxygen atoms in total. The van der Waals surface area contributed by atoms with Crippen molar-refractivity contribution < 1.29 is 4.79 Å². The maximum absolute atomic E-state index is 11.4. The van der Waals surface area contributed by atoms with Crippen LogP contribution in [0.15, 0.2) is 48.5 Å². The molecule has 3 aromatic rings. The van der Waals surface area contributed by atoms with Crippen LogP contribution >= 0.6 is 11.6 Å². The van der Waals surface area contributed by atoms with Gasteiger partial charge in [0.2, 0.25) is 5.91 Å². The van der Waals surface area contributed by atoms with E-state index in [1.54, 1.807) is 6.92 Å². The van der Waals surface area contributed by atoms with Crippen LogP contribution in [0, 0.1) is 0 Å². The maximum Gasteiger partial charge on any atom is 0.217 e. The van der Waals surface area contributed by atoms with Gasteiger partial charge in [-0.1, -0.05) is 41.9 Å². The average molecular weight is 397 g/mol. The van der Waals surface area contributed by atoms with Crippen LogP contribution in [-0.2, 0) is 17.9 Å². The van der Waals surface area contributed by atoms with E-state index in [-0.39, 0.29) is 11.9 Å². The van der Waals surface area contributed by atoms with Gasteiger partial charge < -0.3 is 9.88 Å². The second-order valence-electron chi connectivity index (χ2n) is 7.51. The summed E-state index contributed by atoms with van der Waals surface area (Å²) < 4.78 is 2.28. The van der Waals surface area contributed by atoms with Crippen LogP contribution in [0.2, 0.25) is 5.02 Å². The first-order valence-electron chi connectivity index (χ1n) is 9.76. The van der Waals surface area contributed by atoms with E-state index in [1.807, 2.05) is 24.3 Å². The smallest absolute Gasteiger partial charge is 0.217 e. The van der Waals surface area contributed by atoms with Crippen molar-refractivity contribution in [2.75, 3.05) is 13.1 Å². The minimum Gasteiger partial charge on any atom is -0.352 e. The van der Waals surface area contributed by atoms with Gasteiger partial charge in [-0.25, -0.2) is 4.98 Å². The number of benzene rings is 2. The number of imidazole rings is 1. The first-order chi connectivity index (χ1) is 13.6. The quantitative estimate of drug-likeness (QED) is 0.712. The van der Waals surface area contributed by atoms with Gasteiger partial charge in [0.15, 0.2) is 0 Å². The van der Waals surface area contributed by atoms with Gasteiger partial charge in [-0.15, -0.1) is 0 Å². The number of rotatable bonds is 5. The Hall–Kier alpha value is -2.37. The summed E-state index contributed by atoms with van der Waals surface area (Å²) in [7, 11) is 0.